The summed E-state index contributed by atoms with van der Waals surface area (Å²) in [4.78, 5) is 7.21. The van der Waals surface area contributed by atoms with E-state index in [1.54, 1.807) is 0 Å². The highest BCUT2D eigenvalue weighted by molar-refractivity contribution is 7.99. The predicted octanol–water partition coefficient (Wildman–Crippen LogP) is 1.74. The monoisotopic (exact) mass is 251 g/mol. The molecule has 0 spiro atoms. The first-order chi connectivity index (χ1) is 8.29. The summed E-state index contributed by atoms with van der Waals surface area (Å²) in [7, 11) is 1.96. The molecule has 0 saturated carbocycles. The molecule has 1 aromatic rings. The zero-order chi connectivity index (χ0) is 12.1. The van der Waals surface area contributed by atoms with Crippen LogP contribution in [0.1, 0.15) is 18.3 Å². The number of aromatic nitrogens is 1. The minimum Gasteiger partial charge on any atom is -0.314 e. The summed E-state index contributed by atoms with van der Waals surface area (Å²) in [6, 6.07) is 6.99. The van der Waals surface area contributed by atoms with Gasteiger partial charge in [-0.3, -0.25) is 9.88 Å². The Balaban J connectivity index is 1.99. The predicted molar refractivity (Wildman–Crippen MR) is 74.2 cm³/mol. The second kappa shape index (κ2) is 6.38. The average Bonchev–Trinajstić information content (AvgIpc) is 2.33. The fourth-order valence-corrected chi connectivity index (χ4v) is 3.18. The van der Waals surface area contributed by atoms with Crippen LogP contribution in [0.2, 0.25) is 0 Å². The lowest BCUT2D eigenvalue weighted by molar-refractivity contribution is 0.221. The van der Waals surface area contributed by atoms with E-state index in [0.29, 0.717) is 6.04 Å². The summed E-state index contributed by atoms with van der Waals surface area (Å²) >= 11 is 2.06. The molecule has 94 valence electrons. The second-order valence-electron chi connectivity index (χ2n) is 4.55. The zero-order valence-electron chi connectivity index (χ0n) is 10.6. The Bertz CT molecular complexity index is 356. The fourth-order valence-electron chi connectivity index (χ4n) is 2.10. The number of rotatable bonds is 4. The van der Waals surface area contributed by atoms with Crippen molar-refractivity contribution in [1.82, 2.24) is 15.2 Å². The Morgan fingerprint density at radius 1 is 1.47 bits per heavy atom. The number of hydrogen-bond donors (Lipinski definition) is 1. The van der Waals surface area contributed by atoms with Crippen molar-refractivity contribution in [3.05, 3.63) is 29.6 Å². The van der Waals surface area contributed by atoms with Crippen molar-refractivity contribution < 1.29 is 0 Å². The van der Waals surface area contributed by atoms with Gasteiger partial charge >= 0.3 is 0 Å². The number of nitrogens with zero attached hydrogens (tertiary/aromatic N) is 2. The van der Waals surface area contributed by atoms with E-state index in [-0.39, 0.29) is 0 Å². The highest BCUT2D eigenvalue weighted by Crippen LogP contribution is 2.17. The molecule has 1 unspecified atom stereocenters. The Morgan fingerprint density at radius 2 is 2.29 bits per heavy atom. The molecule has 1 aliphatic rings. The lowest BCUT2D eigenvalue weighted by atomic mass is 10.2. The Labute approximate surface area is 108 Å². The van der Waals surface area contributed by atoms with Gasteiger partial charge in [-0.2, -0.15) is 11.8 Å². The molecule has 1 fully saturated rings. The van der Waals surface area contributed by atoms with Gasteiger partial charge in [0, 0.05) is 37.2 Å². The van der Waals surface area contributed by atoms with Crippen LogP contribution < -0.4 is 5.32 Å². The first-order valence-electron chi connectivity index (χ1n) is 6.21. The maximum atomic E-state index is 4.68. The molecule has 1 N–H and O–H groups in total. The third kappa shape index (κ3) is 3.69. The van der Waals surface area contributed by atoms with Crippen molar-refractivity contribution in [2.45, 2.75) is 26.1 Å². The largest absolute Gasteiger partial charge is 0.314 e. The van der Waals surface area contributed by atoms with Gasteiger partial charge in [0.2, 0.25) is 0 Å². The normalized spacial score (nSPS) is 21.6. The van der Waals surface area contributed by atoms with E-state index in [9.17, 15) is 0 Å². The molecule has 2 heterocycles. The molecular weight excluding hydrogens is 230 g/mol. The van der Waals surface area contributed by atoms with Crippen LogP contribution in [0.15, 0.2) is 18.2 Å². The van der Waals surface area contributed by atoms with E-state index in [0.717, 1.165) is 18.8 Å². The van der Waals surface area contributed by atoms with Gasteiger partial charge in [0.1, 0.15) is 0 Å². The number of thioether (sulfide) groups is 1. The van der Waals surface area contributed by atoms with Crippen LogP contribution in [-0.4, -0.2) is 41.0 Å². The summed E-state index contributed by atoms with van der Waals surface area (Å²) < 4.78 is 0. The third-order valence-corrected chi connectivity index (χ3v) is 4.28. The fraction of sp³-hybridized carbons (Fsp3) is 0.615. The first-order valence-corrected chi connectivity index (χ1v) is 7.36. The average molecular weight is 251 g/mol. The lowest BCUT2D eigenvalue weighted by Gasteiger charge is -2.32. The summed E-state index contributed by atoms with van der Waals surface area (Å²) in [5.74, 6) is 2.50. The topological polar surface area (TPSA) is 28.2 Å². The minimum atomic E-state index is 0.670. The molecule has 1 aromatic heterocycles. The smallest absolute Gasteiger partial charge is 0.0547 e. The highest BCUT2D eigenvalue weighted by Gasteiger charge is 2.18. The summed E-state index contributed by atoms with van der Waals surface area (Å²) in [5.41, 5.74) is 2.32. The molecule has 1 atom stereocenters. The third-order valence-electron chi connectivity index (χ3n) is 3.09. The Kier molecular flexibility index (Phi) is 4.83. The molecule has 0 aromatic carbocycles. The summed E-state index contributed by atoms with van der Waals surface area (Å²) in [5, 5.41) is 3.14. The van der Waals surface area contributed by atoms with Crippen molar-refractivity contribution in [2.24, 2.45) is 0 Å². The first kappa shape index (κ1) is 12.9. The lowest BCUT2D eigenvalue weighted by Crippen LogP contribution is -2.39. The molecule has 2 rings (SSSR count). The molecule has 4 heteroatoms. The Hall–Kier alpha value is -0.580. The van der Waals surface area contributed by atoms with Crippen LogP contribution >= 0.6 is 11.8 Å². The number of pyridine rings is 1. The number of nitrogens with one attached hydrogen (secondary N) is 1. The van der Waals surface area contributed by atoms with E-state index >= 15 is 0 Å². The summed E-state index contributed by atoms with van der Waals surface area (Å²) in [6.07, 6.45) is 0. The quantitative estimate of drug-likeness (QED) is 0.882. The highest BCUT2D eigenvalue weighted by atomic mass is 32.2. The zero-order valence-corrected chi connectivity index (χ0v) is 11.5. The molecule has 17 heavy (non-hydrogen) atoms. The SMILES string of the molecule is CNCc1cccc(CN2CCSCC2C)n1. The van der Waals surface area contributed by atoms with Crippen molar-refractivity contribution in [3.63, 3.8) is 0 Å². The Morgan fingerprint density at radius 3 is 3.06 bits per heavy atom. The van der Waals surface area contributed by atoms with Crippen LogP contribution in [0, 0.1) is 0 Å². The van der Waals surface area contributed by atoms with Gasteiger partial charge in [-0.05, 0) is 26.1 Å². The molecule has 0 amide bonds. The maximum Gasteiger partial charge on any atom is 0.0547 e. The van der Waals surface area contributed by atoms with Crippen molar-refractivity contribution in [1.29, 1.82) is 0 Å². The van der Waals surface area contributed by atoms with E-state index in [2.05, 4.69) is 52.1 Å². The van der Waals surface area contributed by atoms with Crippen LogP contribution in [0.3, 0.4) is 0 Å². The van der Waals surface area contributed by atoms with E-state index < -0.39 is 0 Å². The van der Waals surface area contributed by atoms with Crippen LogP contribution in [-0.2, 0) is 13.1 Å². The van der Waals surface area contributed by atoms with E-state index in [1.165, 1.54) is 23.7 Å². The molecule has 3 nitrogen and oxygen atoms in total. The van der Waals surface area contributed by atoms with Crippen molar-refractivity contribution >= 4 is 11.8 Å². The standard InChI is InChI=1S/C13H21N3S/c1-11-10-17-7-6-16(11)9-13-5-3-4-12(15-13)8-14-2/h3-5,11,14H,6-10H2,1-2H3. The maximum absolute atomic E-state index is 4.68. The van der Waals surface area contributed by atoms with Gasteiger partial charge in [-0.15, -0.1) is 0 Å². The van der Waals surface area contributed by atoms with E-state index in [4.69, 9.17) is 0 Å². The molecular formula is C13H21N3S. The van der Waals surface area contributed by atoms with Gasteiger partial charge < -0.3 is 5.32 Å². The molecule has 0 bridgehead atoms. The van der Waals surface area contributed by atoms with Gasteiger partial charge in [0.15, 0.2) is 0 Å². The van der Waals surface area contributed by atoms with Gasteiger partial charge in [-0.25, -0.2) is 0 Å². The molecule has 1 aliphatic heterocycles. The van der Waals surface area contributed by atoms with Crippen LogP contribution in [0.5, 0.6) is 0 Å². The summed E-state index contributed by atoms with van der Waals surface area (Å²) in [6.45, 7) is 5.33. The van der Waals surface area contributed by atoms with Crippen LogP contribution in [0.25, 0.3) is 0 Å². The molecule has 0 aliphatic carbocycles. The second-order valence-corrected chi connectivity index (χ2v) is 5.69. The molecule has 0 radical (unpaired) electrons. The van der Waals surface area contributed by atoms with Gasteiger partial charge in [-0.1, -0.05) is 6.07 Å². The van der Waals surface area contributed by atoms with Crippen LogP contribution in [0.4, 0.5) is 0 Å². The van der Waals surface area contributed by atoms with Crippen molar-refractivity contribution in [2.75, 3.05) is 25.1 Å². The van der Waals surface area contributed by atoms with E-state index in [1.807, 2.05) is 7.05 Å². The number of hydrogen-bond acceptors (Lipinski definition) is 4. The molecule has 1 saturated heterocycles. The van der Waals surface area contributed by atoms with Crippen molar-refractivity contribution in [3.8, 4) is 0 Å². The van der Waals surface area contributed by atoms with Gasteiger partial charge in [0.05, 0.1) is 11.4 Å². The minimum absolute atomic E-state index is 0.670. The van der Waals surface area contributed by atoms with Gasteiger partial charge in [0.25, 0.3) is 0 Å².